The Labute approximate surface area is 112 Å². The first-order valence-corrected chi connectivity index (χ1v) is 8.13. The maximum Gasteiger partial charge on any atom is 0.0163 e. The summed E-state index contributed by atoms with van der Waals surface area (Å²) in [4.78, 5) is 0. The second-order valence-electron chi connectivity index (χ2n) is 7.98. The highest BCUT2D eigenvalue weighted by atomic mass is 32.2. The van der Waals surface area contributed by atoms with Crippen LogP contribution in [0.3, 0.4) is 0 Å². The molecule has 2 rings (SSSR count). The fraction of sp³-hybridized carbons (Fsp3) is 1.00. The van der Waals surface area contributed by atoms with Gasteiger partial charge in [0.2, 0.25) is 0 Å². The van der Waals surface area contributed by atoms with Gasteiger partial charge in [-0.3, -0.25) is 0 Å². The summed E-state index contributed by atoms with van der Waals surface area (Å²) in [7, 11) is 0. The largest absolute Gasteiger partial charge is 0.313 e. The molecule has 0 radical (unpaired) electrons. The van der Waals surface area contributed by atoms with Crippen LogP contribution in [-0.4, -0.2) is 24.1 Å². The summed E-state index contributed by atoms with van der Waals surface area (Å²) in [6, 6.07) is 0.732. The molecule has 1 heterocycles. The quantitative estimate of drug-likeness (QED) is 0.823. The molecule has 0 aromatic carbocycles. The Morgan fingerprint density at radius 2 is 1.65 bits per heavy atom. The highest BCUT2D eigenvalue weighted by Gasteiger charge is 2.63. The van der Waals surface area contributed by atoms with Crippen molar-refractivity contribution in [3.05, 3.63) is 0 Å². The minimum absolute atomic E-state index is 0.523. The van der Waals surface area contributed by atoms with E-state index in [1.807, 2.05) is 0 Å². The van der Waals surface area contributed by atoms with E-state index in [-0.39, 0.29) is 0 Å². The van der Waals surface area contributed by atoms with Crippen molar-refractivity contribution in [3.63, 3.8) is 0 Å². The number of thioether (sulfide) groups is 1. The molecule has 2 fully saturated rings. The first-order chi connectivity index (χ1) is 7.67. The van der Waals surface area contributed by atoms with Crippen molar-refractivity contribution in [1.82, 2.24) is 5.32 Å². The Hall–Kier alpha value is 0.310. The third-order valence-corrected chi connectivity index (χ3v) is 7.16. The first-order valence-electron chi connectivity index (χ1n) is 6.98. The molecule has 0 aromatic rings. The van der Waals surface area contributed by atoms with Gasteiger partial charge in [0.05, 0.1) is 0 Å². The van der Waals surface area contributed by atoms with Crippen LogP contribution in [0.5, 0.6) is 0 Å². The van der Waals surface area contributed by atoms with Gasteiger partial charge in [-0.1, -0.05) is 41.5 Å². The van der Waals surface area contributed by atoms with Crippen LogP contribution in [0.4, 0.5) is 0 Å². The molecule has 1 aliphatic carbocycles. The fourth-order valence-electron chi connectivity index (χ4n) is 3.52. The third-order valence-electron chi connectivity index (χ3n) is 5.54. The van der Waals surface area contributed by atoms with E-state index in [1.165, 1.54) is 24.5 Å². The third kappa shape index (κ3) is 2.53. The van der Waals surface area contributed by atoms with E-state index in [1.54, 1.807) is 0 Å². The van der Waals surface area contributed by atoms with Crippen molar-refractivity contribution in [2.45, 2.75) is 54.0 Å². The summed E-state index contributed by atoms with van der Waals surface area (Å²) < 4.78 is 0. The summed E-state index contributed by atoms with van der Waals surface area (Å²) in [6.07, 6.45) is 1.34. The summed E-state index contributed by atoms with van der Waals surface area (Å²) in [6.45, 7) is 15.7. The van der Waals surface area contributed by atoms with Gasteiger partial charge >= 0.3 is 0 Å². The van der Waals surface area contributed by atoms with Gasteiger partial charge in [-0.25, -0.2) is 0 Å². The van der Waals surface area contributed by atoms with Crippen LogP contribution < -0.4 is 5.32 Å². The van der Waals surface area contributed by atoms with Gasteiger partial charge < -0.3 is 5.32 Å². The average Bonchev–Trinajstić information content (AvgIpc) is 2.53. The Kier molecular flexibility index (Phi) is 3.36. The lowest BCUT2D eigenvalue weighted by molar-refractivity contribution is 0.312. The lowest BCUT2D eigenvalue weighted by Crippen LogP contribution is -2.41. The van der Waals surface area contributed by atoms with Crippen molar-refractivity contribution < 1.29 is 0 Å². The Bertz CT molecular complexity index is 279. The zero-order valence-electron chi connectivity index (χ0n) is 12.4. The molecular weight excluding hydrogens is 226 g/mol. The van der Waals surface area contributed by atoms with Gasteiger partial charge in [-0.2, -0.15) is 11.8 Å². The van der Waals surface area contributed by atoms with Crippen LogP contribution in [0, 0.1) is 22.2 Å². The van der Waals surface area contributed by atoms with Crippen molar-refractivity contribution >= 4 is 11.8 Å². The van der Waals surface area contributed by atoms with Gasteiger partial charge in [-0.05, 0) is 40.9 Å². The number of nitrogens with one attached hydrogen (secondary N) is 1. The molecular formula is C15H29NS. The van der Waals surface area contributed by atoms with Crippen molar-refractivity contribution in [2.24, 2.45) is 22.2 Å². The van der Waals surface area contributed by atoms with E-state index >= 15 is 0 Å². The first kappa shape index (κ1) is 13.7. The van der Waals surface area contributed by atoms with Crippen LogP contribution in [-0.2, 0) is 0 Å². The summed E-state index contributed by atoms with van der Waals surface area (Å²) >= 11 is 2.12. The molecule has 1 unspecified atom stereocenters. The van der Waals surface area contributed by atoms with Crippen LogP contribution >= 0.6 is 11.8 Å². The second-order valence-corrected chi connectivity index (χ2v) is 9.01. The summed E-state index contributed by atoms with van der Waals surface area (Å²) in [5.74, 6) is 3.48. The maximum atomic E-state index is 3.83. The highest BCUT2D eigenvalue weighted by Crippen LogP contribution is 2.67. The van der Waals surface area contributed by atoms with E-state index < -0.39 is 0 Å². The summed E-state index contributed by atoms with van der Waals surface area (Å²) in [5.41, 5.74) is 1.57. The van der Waals surface area contributed by atoms with Crippen molar-refractivity contribution in [3.8, 4) is 0 Å². The zero-order valence-corrected chi connectivity index (χ0v) is 13.2. The Morgan fingerprint density at radius 1 is 1.06 bits per heavy atom. The number of rotatable bonds is 3. The van der Waals surface area contributed by atoms with Gasteiger partial charge in [0.1, 0.15) is 0 Å². The van der Waals surface area contributed by atoms with Crippen molar-refractivity contribution in [2.75, 3.05) is 18.1 Å². The van der Waals surface area contributed by atoms with Gasteiger partial charge in [0.25, 0.3) is 0 Å². The monoisotopic (exact) mass is 255 g/mol. The maximum absolute atomic E-state index is 3.83. The normalized spacial score (nSPS) is 34.6. The Morgan fingerprint density at radius 3 is 2.12 bits per heavy atom. The van der Waals surface area contributed by atoms with Crippen LogP contribution in [0.1, 0.15) is 48.0 Å². The molecule has 1 N–H and O–H groups in total. The van der Waals surface area contributed by atoms with Crippen LogP contribution in [0.2, 0.25) is 0 Å². The smallest absolute Gasteiger partial charge is 0.0163 e. The molecule has 0 aromatic heterocycles. The molecule has 17 heavy (non-hydrogen) atoms. The standard InChI is InChI=1S/C15H29NS/c1-13(2)7-11(9-17-10-13)16-8-12-14(3,4)15(12,5)6/h11-12,16H,7-10H2,1-6H3. The molecule has 1 nitrogen and oxygen atoms in total. The molecule has 0 amide bonds. The van der Waals surface area contributed by atoms with E-state index in [9.17, 15) is 0 Å². The van der Waals surface area contributed by atoms with Crippen LogP contribution in [0.25, 0.3) is 0 Å². The molecule has 0 bridgehead atoms. The molecule has 1 aliphatic heterocycles. The minimum atomic E-state index is 0.523. The van der Waals surface area contributed by atoms with Crippen molar-refractivity contribution in [1.29, 1.82) is 0 Å². The molecule has 0 spiro atoms. The number of hydrogen-bond donors (Lipinski definition) is 1. The molecule has 1 atom stereocenters. The topological polar surface area (TPSA) is 12.0 Å². The number of hydrogen-bond acceptors (Lipinski definition) is 2. The highest BCUT2D eigenvalue weighted by molar-refractivity contribution is 7.99. The van der Waals surface area contributed by atoms with Gasteiger partial charge in [0, 0.05) is 11.8 Å². The Balaban J connectivity index is 1.80. The predicted molar refractivity (Wildman–Crippen MR) is 78.6 cm³/mol. The predicted octanol–water partition coefficient (Wildman–Crippen LogP) is 3.79. The van der Waals surface area contributed by atoms with Gasteiger partial charge in [-0.15, -0.1) is 0 Å². The lowest BCUT2D eigenvalue weighted by Gasteiger charge is -2.35. The van der Waals surface area contributed by atoms with Gasteiger partial charge in [0.15, 0.2) is 0 Å². The SMILES string of the molecule is CC1(C)CSCC(NCC2C(C)(C)C2(C)C)C1. The van der Waals surface area contributed by atoms with E-state index in [2.05, 4.69) is 58.6 Å². The molecule has 100 valence electrons. The van der Waals surface area contributed by atoms with E-state index in [4.69, 9.17) is 0 Å². The summed E-state index contributed by atoms with van der Waals surface area (Å²) in [5, 5.41) is 3.83. The molecule has 2 aliphatic rings. The average molecular weight is 255 g/mol. The molecule has 2 heteroatoms. The van der Waals surface area contributed by atoms with E-state index in [0.717, 1.165) is 12.0 Å². The molecule has 1 saturated carbocycles. The van der Waals surface area contributed by atoms with E-state index in [0.29, 0.717) is 16.2 Å². The second kappa shape index (κ2) is 4.16. The molecule has 1 saturated heterocycles. The zero-order chi connectivity index (χ0) is 12.9. The lowest BCUT2D eigenvalue weighted by atomic mass is 9.88. The fourth-order valence-corrected chi connectivity index (χ4v) is 4.83. The van der Waals surface area contributed by atoms with Crippen LogP contribution in [0.15, 0.2) is 0 Å². The minimum Gasteiger partial charge on any atom is -0.313 e.